The van der Waals surface area contributed by atoms with Crippen LogP contribution in [0.4, 0.5) is 4.39 Å². The molecule has 23 heavy (non-hydrogen) atoms. The van der Waals surface area contributed by atoms with Gasteiger partial charge in [0.05, 0.1) is 12.6 Å². The zero-order valence-electron chi connectivity index (χ0n) is 14.0. The monoisotopic (exact) mass is 315 g/mol. The normalized spacial score (nSPS) is 11.9. The van der Waals surface area contributed by atoms with Gasteiger partial charge in [-0.25, -0.2) is 4.39 Å². The molecule has 2 aromatic carbocycles. The van der Waals surface area contributed by atoms with Crippen LogP contribution in [0.5, 0.6) is 5.75 Å². The lowest BCUT2D eigenvalue weighted by molar-refractivity contribution is 0.0742. The molecule has 0 radical (unpaired) electrons. The minimum absolute atomic E-state index is 0.0760. The van der Waals surface area contributed by atoms with E-state index in [9.17, 15) is 9.18 Å². The molecule has 0 aliphatic carbocycles. The van der Waals surface area contributed by atoms with E-state index in [1.165, 1.54) is 12.1 Å². The first-order chi connectivity index (χ1) is 10.9. The predicted molar refractivity (Wildman–Crippen MR) is 89.3 cm³/mol. The van der Waals surface area contributed by atoms with Gasteiger partial charge < -0.3 is 9.64 Å². The minimum atomic E-state index is -0.280. The molecule has 2 rings (SSSR count). The molecule has 2 aromatic rings. The van der Waals surface area contributed by atoms with E-state index in [-0.39, 0.29) is 17.8 Å². The highest BCUT2D eigenvalue weighted by Crippen LogP contribution is 2.24. The zero-order chi connectivity index (χ0) is 17.0. The summed E-state index contributed by atoms with van der Waals surface area (Å²) in [6, 6.07) is 11.5. The summed E-state index contributed by atoms with van der Waals surface area (Å²) in [7, 11) is 1.75. The van der Waals surface area contributed by atoms with Crippen molar-refractivity contribution < 1.29 is 13.9 Å². The highest BCUT2D eigenvalue weighted by molar-refractivity contribution is 5.94. The van der Waals surface area contributed by atoms with Crippen molar-refractivity contribution in [1.82, 2.24) is 4.90 Å². The molecule has 0 aliphatic rings. The first-order valence-electron chi connectivity index (χ1n) is 7.70. The van der Waals surface area contributed by atoms with E-state index >= 15 is 0 Å². The van der Waals surface area contributed by atoms with Crippen LogP contribution in [0.2, 0.25) is 0 Å². The van der Waals surface area contributed by atoms with Gasteiger partial charge >= 0.3 is 0 Å². The van der Waals surface area contributed by atoms with Crippen molar-refractivity contribution in [1.29, 1.82) is 0 Å². The number of carbonyl (C=O) groups excluding carboxylic acids is 1. The maximum absolute atomic E-state index is 13.0. The third-order valence-corrected chi connectivity index (χ3v) is 3.98. The Morgan fingerprint density at radius 2 is 1.87 bits per heavy atom. The fraction of sp³-hybridized carbons (Fsp3) is 0.316. The Morgan fingerprint density at radius 3 is 2.43 bits per heavy atom. The number of hydrogen-bond donors (Lipinski definition) is 0. The lowest BCUT2D eigenvalue weighted by Gasteiger charge is -2.25. The third kappa shape index (κ3) is 3.89. The predicted octanol–water partition coefficient (Wildman–Crippen LogP) is 4.37. The van der Waals surface area contributed by atoms with Crippen molar-refractivity contribution in [3.05, 3.63) is 65.0 Å². The summed E-state index contributed by atoms with van der Waals surface area (Å²) in [5, 5.41) is 0. The summed E-state index contributed by atoms with van der Waals surface area (Å²) < 4.78 is 18.5. The molecule has 0 saturated carbocycles. The van der Waals surface area contributed by atoms with Gasteiger partial charge in [0, 0.05) is 12.6 Å². The third-order valence-electron chi connectivity index (χ3n) is 3.98. The number of hydrogen-bond acceptors (Lipinski definition) is 2. The van der Waals surface area contributed by atoms with Gasteiger partial charge in [0.1, 0.15) is 11.6 Å². The van der Waals surface area contributed by atoms with E-state index in [1.54, 1.807) is 30.1 Å². The summed E-state index contributed by atoms with van der Waals surface area (Å²) in [4.78, 5) is 14.3. The van der Waals surface area contributed by atoms with Gasteiger partial charge in [-0.05, 0) is 62.2 Å². The molecule has 122 valence electrons. The van der Waals surface area contributed by atoms with E-state index in [0.29, 0.717) is 12.2 Å². The highest BCUT2D eigenvalue weighted by Gasteiger charge is 2.19. The average Bonchev–Trinajstić information content (AvgIpc) is 2.55. The Bertz CT molecular complexity index is 682. The van der Waals surface area contributed by atoms with Crippen LogP contribution in [0.25, 0.3) is 0 Å². The first-order valence-corrected chi connectivity index (χ1v) is 7.70. The second-order valence-corrected chi connectivity index (χ2v) is 5.56. The van der Waals surface area contributed by atoms with Gasteiger partial charge in [-0.3, -0.25) is 4.79 Å². The molecular weight excluding hydrogens is 293 g/mol. The molecular formula is C19H22FNO2. The van der Waals surface area contributed by atoms with E-state index in [0.717, 1.165) is 16.9 Å². The molecule has 0 N–H and O–H groups in total. The molecule has 1 atom stereocenters. The van der Waals surface area contributed by atoms with Gasteiger partial charge in [-0.15, -0.1) is 0 Å². The van der Waals surface area contributed by atoms with Crippen LogP contribution < -0.4 is 4.74 Å². The quantitative estimate of drug-likeness (QED) is 0.820. The summed E-state index contributed by atoms with van der Waals surface area (Å²) in [6.07, 6.45) is 0. The van der Waals surface area contributed by atoms with Crippen molar-refractivity contribution >= 4 is 5.91 Å². The Morgan fingerprint density at radius 1 is 1.22 bits per heavy atom. The number of amides is 1. The molecule has 1 amide bonds. The number of benzene rings is 2. The smallest absolute Gasteiger partial charge is 0.254 e. The van der Waals surface area contributed by atoms with Gasteiger partial charge in [-0.1, -0.05) is 12.1 Å². The molecule has 0 fully saturated rings. The second-order valence-electron chi connectivity index (χ2n) is 5.56. The maximum Gasteiger partial charge on any atom is 0.254 e. The fourth-order valence-electron chi connectivity index (χ4n) is 2.44. The van der Waals surface area contributed by atoms with Crippen LogP contribution in [0.15, 0.2) is 42.5 Å². The van der Waals surface area contributed by atoms with Gasteiger partial charge in [0.15, 0.2) is 0 Å². The van der Waals surface area contributed by atoms with Crippen molar-refractivity contribution in [2.24, 2.45) is 0 Å². The van der Waals surface area contributed by atoms with Crippen LogP contribution in [0, 0.1) is 12.7 Å². The Balaban J connectivity index is 2.18. The lowest BCUT2D eigenvalue weighted by Crippen LogP contribution is -2.29. The number of ether oxygens (including phenoxy) is 1. The SMILES string of the molecule is CCOc1ccc(C(=O)N(C)C(C)c2ccc(F)cc2)cc1C. The molecule has 4 heteroatoms. The lowest BCUT2D eigenvalue weighted by atomic mass is 10.1. The van der Waals surface area contributed by atoms with Crippen molar-refractivity contribution in [3.8, 4) is 5.75 Å². The maximum atomic E-state index is 13.0. The Labute approximate surface area is 136 Å². The van der Waals surface area contributed by atoms with Gasteiger partial charge in [0.2, 0.25) is 0 Å². The summed E-state index contributed by atoms with van der Waals surface area (Å²) >= 11 is 0. The fourth-order valence-corrected chi connectivity index (χ4v) is 2.44. The van der Waals surface area contributed by atoms with Crippen molar-refractivity contribution in [3.63, 3.8) is 0 Å². The van der Waals surface area contributed by atoms with Crippen molar-refractivity contribution in [2.75, 3.05) is 13.7 Å². The standard InChI is InChI=1S/C19H22FNO2/c1-5-23-18-11-8-16(12-13(18)2)19(22)21(4)14(3)15-6-9-17(20)10-7-15/h6-12,14H,5H2,1-4H3. The van der Waals surface area contributed by atoms with Crippen LogP contribution in [-0.2, 0) is 0 Å². The average molecular weight is 315 g/mol. The van der Waals surface area contributed by atoms with Gasteiger partial charge in [-0.2, -0.15) is 0 Å². The van der Waals surface area contributed by atoms with E-state index < -0.39 is 0 Å². The number of nitrogens with zero attached hydrogens (tertiary/aromatic N) is 1. The van der Waals surface area contributed by atoms with E-state index in [2.05, 4.69) is 0 Å². The topological polar surface area (TPSA) is 29.5 Å². The second kappa shape index (κ2) is 7.27. The largest absolute Gasteiger partial charge is 0.494 e. The molecule has 1 unspecified atom stereocenters. The van der Waals surface area contributed by atoms with Crippen LogP contribution in [0.3, 0.4) is 0 Å². The van der Waals surface area contributed by atoms with E-state index in [4.69, 9.17) is 4.74 Å². The first kappa shape index (κ1) is 17.0. The summed E-state index contributed by atoms with van der Waals surface area (Å²) in [5.74, 6) is 0.434. The highest BCUT2D eigenvalue weighted by atomic mass is 19.1. The van der Waals surface area contributed by atoms with Crippen LogP contribution >= 0.6 is 0 Å². The van der Waals surface area contributed by atoms with Crippen molar-refractivity contribution in [2.45, 2.75) is 26.8 Å². The Kier molecular flexibility index (Phi) is 5.37. The van der Waals surface area contributed by atoms with Crippen LogP contribution in [-0.4, -0.2) is 24.5 Å². The van der Waals surface area contributed by atoms with E-state index in [1.807, 2.05) is 32.9 Å². The molecule has 0 saturated heterocycles. The summed E-state index contributed by atoms with van der Waals surface area (Å²) in [6.45, 7) is 6.37. The minimum Gasteiger partial charge on any atom is -0.494 e. The number of carbonyl (C=O) groups is 1. The van der Waals surface area contributed by atoms with Gasteiger partial charge in [0.25, 0.3) is 5.91 Å². The number of aryl methyl sites for hydroxylation is 1. The molecule has 0 bridgehead atoms. The summed E-state index contributed by atoms with van der Waals surface area (Å²) in [5.41, 5.74) is 2.44. The molecule has 0 heterocycles. The number of rotatable bonds is 5. The molecule has 0 spiro atoms. The Hall–Kier alpha value is -2.36. The molecule has 0 aromatic heterocycles. The number of halogens is 1. The molecule has 3 nitrogen and oxygen atoms in total. The molecule has 0 aliphatic heterocycles. The van der Waals surface area contributed by atoms with Crippen LogP contribution in [0.1, 0.15) is 41.4 Å². The zero-order valence-corrected chi connectivity index (χ0v) is 14.0.